The number of carbonyl (C=O) groups excluding carboxylic acids is 1. The van der Waals surface area contributed by atoms with E-state index < -0.39 is 0 Å². The third-order valence-electron chi connectivity index (χ3n) is 1.90. The second-order valence-electron chi connectivity index (χ2n) is 2.78. The number of fused-ring (bicyclic) bond motifs is 1. The number of H-pyrrole nitrogens is 1. The summed E-state index contributed by atoms with van der Waals surface area (Å²) < 4.78 is 4.49. The minimum atomic E-state index is -0.365. The molecule has 0 fully saturated rings. The van der Waals surface area contributed by atoms with Crippen molar-refractivity contribution in [3.05, 3.63) is 28.8 Å². The molecule has 0 spiro atoms. The van der Waals surface area contributed by atoms with Crippen molar-refractivity contribution in [2.45, 2.75) is 0 Å². The van der Waals surface area contributed by atoms with E-state index in [1.807, 2.05) is 0 Å². The number of ether oxygens (including phenoxy) is 1. The molecule has 0 saturated heterocycles. The van der Waals surface area contributed by atoms with Crippen molar-refractivity contribution in [1.29, 1.82) is 0 Å². The van der Waals surface area contributed by atoms with E-state index in [9.17, 15) is 14.7 Å². The van der Waals surface area contributed by atoms with Gasteiger partial charge in [0.15, 0.2) is 11.5 Å². The first-order chi connectivity index (χ1) is 7.22. The Bertz CT molecular complexity index is 576. The van der Waals surface area contributed by atoms with Gasteiger partial charge in [0.05, 0.1) is 17.2 Å². The van der Waals surface area contributed by atoms with Crippen LogP contribution in [0, 0.1) is 0 Å². The summed E-state index contributed by atoms with van der Waals surface area (Å²) >= 11 is 0. The lowest BCUT2D eigenvalue weighted by molar-refractivity contribution is -0.120. The van der Waals surface area contributed by atoms with Crippen LogP contribution in [0.15, 0.2) is 23.3 Å². The second kappa shape index (κ2) is 3.41. The maximum atomic E-state index is 11.3. The summed E-state index contributed by atoms with van der Waals surface area (Å²) in [6, 6.07) is 2.51. The zero-order chi connectivity index (χ0) is 10.8. The molecule has 2 N–H and O–H groups in total. The molecule has 0 atom stereocenters. The van der Waals surface area contributed by atoms with Gasteiger partial charge < -0.3 is 14.8 Å². The smallest absolute Gasteiger partial charge is 0.298 e. The molecule has 1 heterocycles. The third kappa shape index (κ3) is 1.52. The average molecular weight is 206 g/mol. The number of aromatic nitrogens is 2. The molecule has 0 amide bonds. The van der Waals surface area contributed by atoms with Crippen molar-refractivity contribution in [2.24, 2.45) is 0 Å². The highest BCUT2D eigenvalue weighted by Crippen LogP contribution is 2.28. The number of hydrogen-bond acceptors (Lipinski definition) is 5. The zero-order valence-corrected chi connectivity index (χ0v) is 7.43. The summed E-state index contributed by atoms with van der Waals surface area (Å²) in [5.41, 5.74) is -0.0368. The van der Waals surface area contributed by atoms with E-state index in [2.05, 4.69) is 14.7 Å². The van der Waals surface area contributed by atoms with Gasteiger partial charge in [-0.3, -0.25) is 9.59 Å². The number of rotatable bonds is 2. The van der Waals surface area contributed by atoms with E-state index >= 15 is 0 Å². The van der Waals surface area contributed by atoms with Crippen molar-refractivity contribution in [1.82, 2.24) is 9.97 Å². The summed E-state index contributed by atoms with van der Waals surface area (Å²) in [6.07, 6.45) is 1.23. The van der Waals surface area contributed by atoms with Gasteiger partial charge in [0, 0.05) is 6.07 Å². The molecule has 6 nitrogen and oxygen atoms in total. The van der Waals surface area contributed by atoms with Crippen LogP contribution in [0.1, 0.15) is 0 Å². The lowest BCUT2D eigenvalue weighted by Gasteiger charge is -2.02. The van der Waals surface area contributed by atoms with E-state index in [1.165, 1.54) is 18.5 Å². The highest BCUT2D eigenvalue weighted by Gasteiger charge is 2.07. The summed E-state index contributed by atoms with van der Waals surface area (Å²) in [5.74, 6) is -0.316. The molecule has 0 unspecified atom stereocenters. The fourth-order valence-corrected chi connectivity index (χ4v) is 1.23. The van der Waals surface area contributed by atoms with Gasteiger partial charge >= 0.3 is 0 Å². The SMILES string of the molecule is O=COc1cc2c(=O)[nH]cnc2cc1O. The van der Waals surface area contributed by atoms with Gasteiger partial charge in [0.2, 0.25) is 0 Å². The number of phenols is 1. The van der Waals surface area contributed by atoms with E-state index in [4.69, 9.17) is 0 Å². The van der Waals surface area contributed by atoms with Gasteiger partial charge in [-0.15, -0.1) is 0 Å². The molecule has 0 radical (unpaired) electrons. The first-order valence-corrected chi connectivity index (χ1v) is 4.03. The van der Waals surface area contributed by atoms with Crippen molar-refractivity contribution in [3.63, 3.8) is 0 Å². The van der Waals surface area contributed by atoms with Crippen LogP contribution in [0.4, 0.5) is 0 Å². The summed E-state index contributed by atoms with van der Waals surface area (Å²) in [5, 5.41) is 9.64. The Morgan fingerprint density at radius 3 is 3.00 bits per heavy atom. The Labute approximate surface area is 83.1 Å². The number of aromatic amines is 1. The molecule has 1 aromatic heterocycles. The highest BCUT2D eigenvalue weighted by atomic mass is 16.5. The molecule has 76 valence electrons. The van der Waals surface area contributed by atoms with E-state index in [0.717, 1.165) is 0 Å². The molecule has 0 aliphatic carbocycles. The van der Waals surface area contributed by atoms with Crippen LogP contribution in [-0.4, -0.2) is 21.5 Å². The standard InChI is InChI=1S/C9H6N2O4/c12-4-15-8-1-5-6(2-7(8)13)10-3-11-9(5)14/h1-4,13H,(H,10,11,14). The number of aromatic hydroxyl groups is 1. The van der Waals surface area contributed by atoms with Crippen LogP contribution < -0.4 is 10.3 Å². The van der Waals surface area contributed by atoms with Crippen LogP contribution in [0.5, 0.6) is 11.5 Å². The Hall–Kier alpha value is -2.37. The van der Waals surface area contributed by atoms with Gasteiger partial charge in [-0.1, -0.05) is 0 Å². The first kappa shape index (κ1) is 9.20. The second-order valence-corrected chi connectivity index (χ2v) is 2.78. The Morgan fingerprint density at radius 1 is 1.47 bits per heavy atom. The monoisotopic (exact) mass is 206 g/mol. The van der Waals surface area contributed by atoms with Gasteiger partial charge in [0.1, 0.15) is 0 Å². The first-order valence-electron chi connectivity index (χ1n) is 4.03. The zero-order valence-electron chi connectivity index (χ0n) is 7.43. The molecule has 0 aliphatic heterocycles. The molecule has 15 heavy (non-hydrogen) atoms. The van der Waals surface area contributed by atoms with Crippen LogP contribution in [0.3, 0.4) is 0 Å². The highest BCUT2D eigenvalue weighted by molar-refractivity contribution is 5.81. The minimum Gasteiger partial charge on any atom is -0.504 e. The Morgan fingerprint density at radius 2 is 2.27 bits per heavy atom. The number of carbonyl (C=O) groups is 1. The van der Waals surface area contributed by atoms with Crippen LogP contribution in [-0.2, 0) is 4.79 Å². The summed E-state index contributed by atoms with van der Waals surface area (Å²) in [7, 11) is 0. The van der Waals surface area contributed by atoms with Gasteiger partial charge in [-0.25, -0.2) is 4.98 Å². The lowest BCUT2D eigenvalue weighted by Crippen LogP contribution is -2.06. The van der Waals surface area contributed by atoms with Gasteiger partial charge in [-0.2, -0.15) is 0 Å². The average Bonchev–Trinajstić information content (AvgIpc) is 2.21. The lowest BCUT2D eigenvalue weighted by atomic mass is 10.2. The largest absolute Gasteiger partial charge is 0.504 e. The molecule has 6 heteroatoms. The Balaban J connectivity index is 2.77. The number of phenolic OH excluding ortho intramolecular Hbond substituents is 1. The van der Waals surface area contributed by atoms with Crippen LogP contribution in [0.2, 0.25) is 0 Å². The van der Waals surface area contributed by atoms with Crippen molar-refractivity contribution in [3.8, 4) is 11.5 Å². The summed E-state index contributed by atoms with van der Waals surface area (Å²) in [6.45, 7) is 0.172. The van der Waals surface area contributed by atoms with Crippen molar-refractivity contribution < 1.29 is 14.6 Å². The van der Waals surface area contributed by atoms with E-state index in [0.29, 0.717) is 5.52 Å². The van der Waals surface area contributed by atoms with E-state index in [-0.39, 0.29) is 28.9 Å². The number of benzene rings is 1. The summed E-state index contributed by atoms with van der Waals surface area (Å²) in [4.78, 5) is 27.7. The fourth-order valence-electron chi connectivity index (χ4n) is 1.23. The number of nitrogens with zero attached hydrogens (tertiary/aromatic N) is 1. The normalized spacial score (nSPS) is 10.1. The molecule has 2 aromatic rings. The number of hydrogen-bond donors (Lipinski definition) is 2. The van der Waals surface area contributed by atoms with Crippen LogP contribution >= 0.6 is 0 Å². The van der Waals surface area contributed by atoms with Gasteiger partial charge in [-0.05, 0) is 6.07 Å². The maximum Gasteiger partial charge on any atom is 0.298 e. The van der Waals surface area contributed by atoms with Gasteiger partial charge in [0.25, 0.3) is 12.0 Å². The molecular weight excluding hydrogens is 200 g/mol. The van der Waals surface area contributed by atoms with Crippen molar-refractivity contribution >= 4 is 17.4 Å². The molecular formula is C9H6N2O4. The third-order valence-corrected chi connectivity index (χ3v) is 1.90. The minimum absolute atomic E-state index is 0.0731. The van der Waals surface area contributed by atoms with Crippen LogP contribution in [0.25, 0.3) is 10.9 Å². The molecule has 0 saturated carbocycles. The predicted molar refractivity (Wildman–Crippen MR) is 50.7 cm³/mol. The Kier molecular flexibility index (Phi) is 2.09. The predicted octanol–water partition coefficient (Wildman–Crippen LogP) is 0.164. The van der Waals surface area contributed by atoms with Crippen molar-refractivity contribution in [2.75, 3.05) is 0 Å². The molecule has 0 bridgehead atoms. The molecule has 0 aliphatic rings. The maximum absolute atomic E-state index is 11.3. The van der Waals surface area contributed by atoms with E-state index in [1.54, 1.807) is 0 Å². The quantitative estimate of drug-likeness (QED) is 0.683. The molecule has 2 rings (SSSR count). The topological polar surface area (TPSA) is 92.3 Å². The molecule has 1 aromatic carbocycles. The number of nitrogens with one attached hydrogen (secondary N) is 1. The fraction of sp³-hybridized carbons (Fsp3) is 0.